The molecule has 1 aliphatic heterocycles. The van der Waals surface area contributed by atoms with Crippen LogP contribution in [0, 0.1) is 5.82 Å². The second kappa shape index (κ2) is 4.40. The van der Waals surface area contributed by atoms with Crippen LogP contribution >= 0.6 is 0 Å². The lowest BCUT2D eigenvalue weighted by Crippen LogP contribution is -2.22. The van der Waals surface area contributed by atoms with E-state index in [-0.39, 0.29) is 17.9 Å². The number of hydrogen-bond acceptors (Lipinski definition) is 5. The number of rotatable bonds is 2. The molecular formula is C11H10FNO4. The first-order valence-electron chi connectivity index (χ1n) is 5.00. The normalized spacial score (nSPS) is 18.9. The summed E-state index contributed by atoms with van der Waals surface area (Å²) in [5.74, 6) is -2.05. The van der Waals surface area contributed by atoms with Crippen molar-refractivity contribution in [2.75, 3.05) is 12.3 Å². The number of esters is 2. The van der Waals surface area contributed by atoms with Gasteiger partial charge in [0.05, 0.1) is 17.9 Å². The quantitative estimate of drug-likeness (QED) is 0.612. The molecule has 0 saturated carbocycles. The average molecular weight is 239 g/mol. The van der Waals surface area contributed by atoms with Crippen LogP contribution in [0.4, 0.5) is 10.1 Å². The smallest absolute Gasteiger partial charge is 0.347 e. The van der Waals surface area contributed by atoms with Crippen molar-refractivity contribution in [2.24, 2.45) is 0 Å². The minimum Gasteiger partial charge on any atom is -0.463 e. The fourth-order valence-electron chi connectivity index (χ4n) is 1.44. The van der Waals surface area contributed by atoms with Gasteiger partial charge in [-0.2, -0.15) is 0 Å². The number of cyclic esters (lactones) is 1. The number of hydrogen-bond donors (Lipinski definition) is 1. The van der Waals surface area contributed by atoms with Crippen LogP contribution in [0.3, 0.4) is 0 Å². The van der Waals surface area contributed by atoms with Gasteiger partial charge in [-0.1, -0.05) is 0 Å². The highest BCUT2D eigenvalue weighted by Gasteiger charge is 2.30. The van der Waals surface area contributed by atoms with Crippen LogP contribution in [0.1, 0.15) is 16.8 Å². The third-order valence-corrected chi connectivity index (χ3v) is 2.37. The fourth-order valence-corrected chi connectivity index (χ4v) is 1.44. The van der Waals surface area contributed by atoms with Gasteiger partial charge in [0.1, 0.15) is 5.82 Å². The standard InChI is InChI=1S/C11H10FNO4/c12-7-5-6(1-2-8(7)13)10(14)17-9-3-4-16-11(9)15/h1-2,5,9H,3-4,13H2. The minimum absolute atomic E-state index is 0.0106. The highest BCUT2D eigenvalue weighted by Crippen LogP contribution is 2.16. The summed E-state index contributed by atoms with van der Waals surface area (Å²) in [6.45, 7) is 0.229. The van der Waals surface area contributed by atoms with E-state index in [2.05, 4.69) is 4.74 Å². The van der Waals surface area contributed by atoms with E-state index in [1.165, 1.54) is 12.1 Å². The minimum atomic E-state index is -0.900. The van der Waals surface area contributed by atoms with Crippen molar-refractivity contribution in [3.8, 4) is 0 Å². The average Bonchev–Trinajstić information content (AvgIpc) is 2.68. The van der Waals surface area contributed by atoms with E-state index >= 15 is 0 Å². The number of nitrogen functional groups attached to an aromatic ring is 1. The Morgan fingerprint density at radius 3 is 2.88 bits per heavy atom. The largest absolute Gasteiger partial charge is 0.463 e. The molecule has 0 amide bonds. The van der Waals surface area contributed by atoms with Crippen molar-refractivity contribution in [3.05, 3.63) is 29.6 Å². The predicted octanol–water partition coefficient (Wildman–Crippen LogP) is 0.880. The number of ether oxygens (including phenoxy) is 2. The van der Waals surface area contributed by atoms with E-state index in [9.17, 15) is 14.0 Å². The van der Waals surface area contributed by atoms with Crippen LogP contribution in [0.15, 0.2) is 18.2 Å². The summed E-state index contributed by atoms with van der Waals surface area (Å²) in [5, 5.41) is 0. The molecule has 1 heterocycles. The SMILES string of the molecule is Nc1ccc(C(=O)OC2CCOC2=O)cc1F. The van der Waals surface area contributed by atoms with Gasteiger partial charge in [-0.05, 0) is 18.2 Å². The van der Waals surface area contributed by atoms with Crippen molar-refractivity contribution >= 4 is 17.6 Å². The Morgan fingerprint density at radius 2 is 2.29 bits per heavy atom. The Hall–Kier alpha value is -2.11. The third kappa shape index (κ3) is 2.35. The van der Waals surface area contributed by atoms with Gasteiger partial charge < -0.3 is 15.2 Å². The third-order valence-electron chi connectivity index (χ3n) is 2.37. The number of anilines is 1. The number of carbonyl (C=O) groups excluding carboxylic acids is 2. The molecule has 1 saturated heterocycles. The van der Waals surface area contributed by atoms with E-state index < -0.39 is 23.9 Å². The maximum absolute atomic E-state index is 13.1. The zero-order chi connectivity index (χ0) is 12.4. The zero-order valence-electron chi connectivity index (χ0n) is 8.81. The molecule has 1 unspecified atom stereocenters. The number of halogens is 1. The first-order valence-corrected chi connectivity index (χ1v) is 5.00. The Labute approximate surface area is 96.3 Å². The molecule has 2 N–H and O–H groups in total. The molecule has 5 nitrogen and oxygen atoms in total. The van der Waals surface area contributed by atoms with Crippen LogP contribution in [0.2, 0.25) is 0 Å². The second-order valence-corrected chi connectivity index (χ2v) is 3.59. The fraction of sp³-hybridized carbons (Fsp3) is 0.273. The maximum atomic E-state index is 13.1. The van der Waals surface area contributed by atoms with Gasteiger partial charge in [-0.3, -0.25) is 0 Å². The van der Waals surface area contributed by atoms with Crippen molar-refractivity contribution in [2.45, 2.75) is 12.5 Å². The molecule has 0 bridgehead atoms. The lowest BCUT2D eigenvalue weighted by atomic mass is 10.2. The van der Waals surface area contributed by atoms with Crippen LogP contribution in [0.5, 0.6) is 0 Å². The van der Waals surface area contributed by atoms with Crippen LogP contribution in [0.25, 0.3) is 0 Å². The van der Waals surface area contributed by atoms with Crippen LogP contribution in [-0.2, 0) is 14.3 Å². The molecule has 6 heteroatoms. The molecule has 17 heavy (non-hydrogen) atoms. The lowest BCUT2D eigenvalue weighted by molar-refractivity contribution is -0.145. The zero-order valence-corrected chi connectivity index (χ0v) is 8.81. The summed E-state index contributed by atoms with van der Waals surface area (Å²) in [6, 6.07) is 3.57. The van der Waals surface area contributed by atoms with Gasteiger partial charge in [0.15, 0.2) is 0 Å². The Kier molecular flexibility index (Phi) is 2.95. The molecule has 1 aromatic rings. The molecule has 1 fully saturated rings. The summed E-state index contributed by atoms with van der Waals surface area (Å²) in [4.78, 5) is 22.6. The van der Waals surface area contributed by atoms with E-state index in [0.717, 1.165) is 6.07 Å². The summed E-state index contributed by atoms with van der Waals surface area (Å²) >= 11 is 0. The van der Waals surface area contributed by atoms with Crippen molar-refractivity contribution in [1.82, 2.24) is 0 Å². The Morgan fingerprint density at radius 1 is 1.53 bits per heavy atom. The summed E-state index contributed by atoms with van der Waals surface area (Å²) < 4.78 is 22.6. The first-order chi connectivity index (χ1) is 8.08. The second-order valence-electron chi connectivity index (χ2n) is 3.59. The van der Waals surface area contributed by atoms with Crippen molar-refractivity contribution in [3.63, 3.8) is 0 Å². The van der Waals surface area contributed by atoms with E-state index in [1.807, 2.05) is 0 Å². The summed E-state index contributed by atoms with van der Waals surface area (Å²) in [6.07, 6.45) is -0.578. The predicted molar refractivity (Wildman–Crippen MR) is 55.6 cm³/mol. The monoisotopic (exact) mass is 239 g/mol. The van der Waals surface area contributed by atoms with Gasteiger partial charge >= 0.3 is 11.9 Å². The van der Waals surface area contributed by atoms with E-state index in [1.54, 1.807) is 0 Å². The van der Waals surface area contributed by atoms with Gasteiger partial charge in [0, 0.05) is 6.42 Å². The van der Waals surface area contributed by atoms with Crippen molar-refractivity contribution in [1.29, 1.82) is 0 Å². The lowest BCUT2D eigenvalue weighted by Gasteiger charge is -2.08. The molecule has 2 rings (SSSR count). The van der Waals surface area contributed by atoms with E-state index in [4.69, 9.17) is 10.5 Å². The molecule has 0 aliphatic carbocycles. The molecule has 1 atom stereocenters. The summed E-state index contributed by atoms with van der Waals surface area (Å²) in [7, 11) is 0. The highest BCUT2D eigenvalue weighted by molar-refractivity contribution is 5.92. The molecule has 1 aromatic carbocycles. The van der Waals surface area contributed by atoms with Crippen LogP contribution < -0.4 is 5.73 Å². The topological polar surface area (TPSA) is 78.6 Å². The summed E-state index contributed by atoms with van der Waals surface area (Å²) in [5.41, 5.74) is 5.23. The molecule has 0 aromatic heterocycles. The maximum Gasteiger partial charge on any atom is 0.347 e. The Bertz CT molecular complexity index is 475. The van der Waals surface area contributed by atoms with Crippen molar-refractivity contribution < 1.29 is 23.5 Å². The number of nitrogens with two attached hydrogens (primary N) is 1. The number of carbonyl (C=O) groups is 2. The van der Waals surface area contributed by atoms with Gasteiger partial charge in [-0.25, -0.2) is 14.0 Å². The van der Waals surface area contributed by atoms with E-state index in [0.29, 0.717) is 6.42 Å². The highest BCUT2D eigenvalue weighted by atomic mass is 19.1. The molecule has 90 valence electrons. The molecular weight excluding hydrogens is 229 g/mol. The van der Waals surface area contributed by atoms with Crippen LogP contribution in [-0.4, -0.2) is 24.6 Å². The van der Waals surface area contributed by atoms with Gasteiger partial charge in [0.2, 0.25) is 6.10 Å². The van der Waals surface area contributed by atoms with Gasteiger partial charge in [0.25, 0.3) is 0 Å². The molecule has 0 spiro atoms. The molecule has 0 radical (unpaired) electrons. The number of benzene rings is 1. The first kappa shape index (κ1) is 11.4. The molecule has 1 aliphatic rings. The Balaban J connectivity index is 2.09. The van der Waals surface area contributed by atoms with Gasteiger partial charge in [-0.15, -0.1) is 0 Å².